The second-order valence-electron chi connectivity index (χ2n) is 11.0. The summed E-state index contributed by atoms with van der Waals surface area (Å²) in [4.78, 5) is 27.7. The van der Waals surface area contributed by atoms with E-state index < -0.39 is 69.0 Å². The van der Waals surface area contributed by atoms with Gasteiger partial charge in [-0.2, -0.15) is 31.4 Å². The maximum Gasteiger partial charge on any atom is 0.416 e. The molecular formula is C26H28F6N4O4S2. The predicted octanol–water partition coefficient (Wildman–Crippen LogP) is 5.28. The number of carbonyl (C=O) groups is 2. The Morgan fingerprint density at radius 3 is 2.43 bits per heavy atom. The standard InChI is InChI=1S/C26H28F6N4O4S2/c27-25(28,29)10-2-1-3-11-36-14-16(13-33-36)24(26(30,31)32)12-18(20-9-8-19(41-20)15-4-5-15)21(22(37)34-24)23(38)35-42(39,40)17-6-7-17/h8-9,13-15,17H,1-7,10-12H2,(H,34,37)(H,35,38). The van der Waals surface area contributed by atoms with Gasteiger partial charge in [-0.25, -0.2) is 13.1 Å². The van der Waals surface area contributed by atoms with Crippen LogP contribution in [0.2, 0.25) is 0 Å². The molecule has 1 unspecified atom stereocenters. The van der Waals surface area contributed by atoms with Crippen LogP contribution in [-0.4, -0.2) is 47.6 Å². The monoisotopic (exact) mass is 638 g/mol. The summed E-state index contributed by atoms with van der Waals surface area (Å²) in [7, 11) is -4.10. The Bertz CT molecular complexity index is 1500. The molecule has 1 atom stereocenters. The largest absolute Gasteiger partial charge is 0.416 e. The quantitative estimate of drug-likeness (QED) is 0.198. The number of alkyl halides is 6. The number of amides is 2. The fourth-order valence-corrected chi connectivity index (χ4v) is 7.49. The zero-order chi connectivity index (χ0) is 30.5. The predicted molar refractivity (Wildman–Crippen MR) is 141 cm³/mol. The average molecular weight is 639 g/mol. The van der Waals surface area contributed by atoms with Crippen LogP contribution in [-0.2, 0) is 31.7 Å². The van der Waals surface area contributed by atoms with Crippen LogP contribution in [0.3, 0.4) is 0 Å². The number of aryl methyl sites for hydroxylation is 1. The second kappa shape index (κ2) is 11.0. The second-order valence-corrected chi connectivity index (χ2v) is 14.0. The van der Waals surface area contributed by atoms with E-state index in [1.165, 1.54) is 4.68 Å². The van der Waals surface area contributed by atoms with Crippen molar-refractivity contribution in [2.24, 2.45) is 0 Å². The first-order chi connectivity index (χ1) is 19.6. The summed E-state index contributed by atoms with van der Waals surface area (Å²) in [6.45, 7) is 0.0603. The van der Waals surface area contributed by atoms with Gasteiger partial charge in [-0.3, -0.25) is 14.3 Å². The van der Waals surface area contributed by atoms with Crippen molar-refractivity contribution >= 4 is 38.7 Å². The number of nitrogens with zero attached hydrogens (tertiary/aromatic N) is 2. The molecular weight excluding hydrogens is 610 g/mol. The minimum Gasteiger partial charge on any atom is -0.334 e. The van der Waals surface area contributed by atoms with Crippen molar-refractivity contribution in [1.29, 1.82) is 0 Å². The summed E-state index contributed by atoms with van der Waals surface area (Å²) in [6.07, 6.45) is -6.39. The number of unbranched alkanes of at least 4 members (excludes halogenated alkanes) is 2. The van der Waals surface area contributed by atoms with Crippen LogP contribution >= 0.6 is 11.3 Å². The summed E-state index contributed by atoms with van der Waals surface area (Å²) >= 11 is 1.16. The maximum atomic E-state index is 14.9. The Kier molecular flexibility index (Phi) is 8.00. The Morgan fingerprint density at radius 1 is 1.10 bits per heavy atom. The van der Waals surface area contributed by atoms with E-state index in [4.69, 9.17) is 0 Å². The van der Waals surface area contributed by atoms with Crippen molar-refractivity contribution in [2.75, 3.05) is 0 Å². The molecule has 2 aromatic heterocycles. The molecule has 5 rings (SSSR count). The molecule has 3 heterocycles. The first-order valence-corrected chi connectivity index (χ1v) is 15.8. The minimum atomic E-state index is -5.06. The van der Waals surface area contributed by atoms with Gasteiger partial charge < -0.3 is 5.32 Å². The van der Waals surface area contributed by atoms with E-state index in [0.717, 1.165) is 41.4 Å². The molecule has 8 nitrogen and oxygen atoms in total. The van der Waals surface area contributed by atoms with Gasteiger partial charge in [-0.15, -0.1) is 11.3 Å². The van der Waals surface area contributed by atoms with Gasteiger partial charge in [0, 0.05) is 40.9 Å². The van der Waals surface area contributed by atoms with E-state index in [1.807, 2.05) is 10.0 Å². The number of hydrogen-bond acceptors (Lipinski definition) is 6. The van der Waals surface area contributed by atoms with E-state index in [0.29, 0.717) is 12.8 Å². The fraction of sp³-hybridized carbons (Fsp3) is 0.577. The maximum absolute atomic E-state index is 14.9. The molecule has 0 bridgehead atoms. The smallest absolute Gasteiger partial charge is 0.334 e. The first-order valence-electron chi connectivity index (χ1n) is 13.5. The van der Waals surface area contributed by atoms with Gasteiger partial charge in [-0.05, 0) is 62.1 Å². The zero-order valence-corrected chi connectivity index (χ0v) is 23.8. The van der Waals surface area contributed by atoms with Crippen molar-refractivity contribution in [3.8, 4) is 0 Å². The molecule has 2 aliphatic carbocycles. The number of thiophene rings is 1. The van der Waals surface area contributed by atoms with Gasteiger partial charge in [0.25, 0.3) is 11.8 Å². The third kappa shape index (κ3) is 6.53. The molecule has 2 fully saturated rings. The number of halogens is 6. The third-order valence-electron chi connectivity index (χ3n) is 7.58. The molecule has 0 radical (unpaired) electrons. The summed E-state index contributed by atoms with van der Waals surface area (Å²) in [5.41, 5.74) is -4.33. The van der Waals surface area contributed by atoms with Crippen molar-refractivity contribution in [3.05, 3.63) is 45.4 Å². The van der Waals surface area contributed by atoms with Crippen molar-refractivity contribution < 1.29 is 44.3 Å². The summed E-state index contributed by atoms with van der Waals surface area (Å²) in [5, 5.41) is 5.10. The van der Waals surface area contributed by atoms with Gasteiger partial charge in [0.2, 0.25) is 10.0 Å². The molecule has 230 valence electrons. The Balaban J connectivity index is 1.47. The number of carbonyl (C=O) groups excluding carboxylic acids is 2. The average Bonchev–Trinajstić information content (AvgIpc) is 3.81. The van der Waals surface area contributed by atoms with Gasteiger partial charge in [0.15, 0.2) is 5.54 Å². The number of sulfonamides is 1. The number of nitrogens with one attached hydrogen (secondary N) is 2. The Labute approximate surface area is 241 Å². The molecule has 0 spiro atoms. The van der Waals surface area contributed by atoms with Crippen LogP contribution in [0, 0.1) is 0 Å². The lowest BCUT2D eigenvalue weighted by Crippen LogP contribution is -2.59. The molecule has 1 aliphatic heterocycles. The molecule has 42 heavy (non-hydrogen) atoms. The lowest BCUT2D eigenvalue weighted by molar-refractivity contribution is -0.201. The van der Waals surface area contributed by atoms with Crippen LogP contribution in [0.25, 0.3) is 5.57 Å². The third-order valence-corrected chi connectivity index (χ3v) is 10.7. The molecule has 2 saturated carbocycles. The topological polar surface area (TPSA) is 110 Å². The van der Waals surface area contributed by atoms with Gasteiger partial charge in [-0.1, -0.05) is 6.42 Å². The highest BCUT2D eigenvalue weighted by atomic mass is 32.2. The number of hydrogen-bond donors (Lipinski definition) is 2. The number of aromatic nitrogens is 2. The van der Waals surface area contributed by atoms with E-state index in [-0.39, 0.29) is 42.2 Å². The lowest BCUT2D eigenvalue weighted by atomic mass is 9.79. The summed E-state index contributed by atoms with van der Waals surface area (Å²) < 4.78 is 110. The fourth-order valence-electron chi connectivity index (χ4n) is 4.98. The van der Waals surface area contributed by atoms with Crippen LogP contribution in [0.15, 0.2) is 30.1 Å². The highest BCUT2D eigenvalue weighted by molar-refractivity contribution is 7.91. The molecule has 0 saturated heterocycles. The Morgan fingerprint density at radius 2 is 1.81 bits per heavy atom. The van der Waals surface area contributed by atoms with Crippen LogP contribution in [0.4, 0.5) is 26.3 Å². The van der Waals surface area contributed by atoms with Crippen LogP contribution in [0.5, 0.6) is 0 Å². The molecule has 0 aromatic carbocycles. The van der Waals surface area contributed by atoms with E-state index in [1.54, 1.807) is 12.1 Å². The van der Waals surface area contributed by atoms with Crippen LogP contribution in [0.1, 0.15) is 79.0 Å². The van der Waals surface area contributed by atoms with Crippen molar-refractivity contribution in [3.63, 3.8) is 0 Å². The van der Waals surface area contributed by atoms with E-state index >= 15 is 0 Å². The minimum absolute atomic E-state index is 0.0603. The first kappa shape index (κ1) is 30.6. The summed E-state index contributed by atoms with van der Waals surface area (Å²) in [5.74, 6) is -2.42. The van der Waals surface area contributed by atoms with E-state index in [2.05, 4.69) is 5.10 Å². The molecule has 3 aliphatic rings. The highest BCUT2D eigenvalue weighted by Gasteiger charge is 2.61. The lowest BCUT2D eigenvalue weighted by Gasteiger charge is -2.40. The molecule has 2 N–H and O–H groups in total. The van der Waals surface area contributed by atoms with Gasteiger partial charge in [0.1, 0.15) is 5.57 Å². The Hall–Kier alpha value is -2.88. The molecule has 2 amide bonds. The number of rotatable bonds is 11. The molecule has 2 aromatic rings. The molecule has 16 heteroatoms. The highest BCUT2D eigenvalue weighted by Crippen LogP contribution is 2.51. The zero-order valence-electron chi connectivity index (χ0n) is 22.1. The van der Waals surface area contributed by atoms with Gasteiger partial charge >= 0.3 is 12.4 Å². The van der Waals surface area contributed by atoms with Crippen molar-refractivity contribution in [1.82, 2.24) is 19.8 Å². The normalized spacial score (nSPS) is 21.9. The SMILES string of the molecule is O=C1NC(c2cnn(CCCCCC(F)(F)F)c2)(C(F)(F)F)CC(c2ccc(C3CC3)s2)=C1C(=O)NS(=O)(=O)C1CC1. The van der Waals surface area contributed by atoms with Crippen LogP contribution < -0.4 is 10.0 Å². The van der Waals surface area contributed by atoms with Crippen molar-refractivity contribution in [2.45, 2.75) is 93.4 Å². The summed E-state index contributed by atoms with van der Waals surface area (Å²) in [6, 6.07) is 3.28. The van der Waals surface area contributed by atoms with Gasteiger partial charge in [0.05, 0.1) is 11.4 Å². The van der Waals surface area contributed by atoms with E-state index in [9.17, 15) is 44.3 Å².